The molecule has 18 heavy (non-hydrogen) atoms. The van der Waals surface area contributed by atoms with Crippen molar-refractivity contribution in [3.8, 4) is 0 Å². The molecule has 1 aliphatic heterocycles. The van der Waals surface area contributed by atoms with Crippen molar-refractivity contribution in [2.75, 3.05) is 19.8 Å². The monoisotopic (exact) mass is 255 g/mol. The Kier molecular flexibility index (Phi) is 6.65. The molecule has 0 aromatic rings. The average Bonchev–Trinajstić information content (AvgIpc) is 2.25. The Morgan fingerprint density at radius 3 is 2.28 bits per heavy atom. The third-order valence-electron chi connectivity index (χ3n) is 3.73. The van der Waals surface area contributed by atoms with E-state index in [0.717, 1.165) is 31.0 Å². The highest BCUT2D eigenvalue weighted by Gasteiger charge is 2.21. The first-order valence-electron chi connectivity index (χ1n) is 7.69. The lowest BCUT2D eigenvalue weighted by Gasteiger charge is -2.30. The molecule has 1 heterocycles. The van der Waals surface area contributed by atoms with Gasteiger partial charge in [0.1, 0.15) is 0 Å². The predicted molar refractivity (Wildman–Crippen MR) is 78.9 cm³/mol. The van der Waals surface area contributed by atoms with Gasteiger partial charge in [0, 0.05) is 18.8 Å². The van der Waals surface area contributed by atoms with E-state index in [0.29, 0.717) is 0 Å². The van der Waals surface area contributed by atoms with Crippen molar-refractivity contribution in [3.63, 3.8) is 0 Å². The second-order valence-electron chi connectivity index (χ2n) is 7.42. The van der Waals surface area contributed by atoms with Crippen LogP contribution in [0.4, 0.5) is 0 Å². The van der Waals surface area contributed by atoms with E-state index >= 15 is 0 Å². The van der Waals surface area contributed by atoms with Gasteiger partial charge in [-0.2, -0.15) is 0 Å². The van der Waals surface area contributed by atoms with Crippen molar-refractivity contribution < 1.29 is 4.74 Å². The van der Waals surface area contributed by atoms with Gasteiger partial charge in [0.25, 0.3) is 0 Å². The van der Waals surface area contributed by atoms with Crippen LogP contribution in [0.1, 0.15) is 60.3 Å². The van der Waals surface area contributed by atoms with Gasteiger partial charge in [0.05, 0.1) is 0 Å². The highest BCUT2D eigenvalue weighted by Crippen LogP contribution is 2.26. The summed E-state index contributed by atoms with van der Waals surface area (Å²) in [5, 5.41) is 3.69. The summed E-state index contributed by atoms with van der Waals surface area (Å²) in [6, 6.07) is 0. The van der Waals surface area contributed by atoms with Crippen LogP contribution in [-0.4, -0.2) is 25.3 Å². The largest absolute Gasteiger partial charge is 0.381 e. The first-order chi connectivity index (χ1) is 8.37. The number of hydrogen-bond donors (Lipinski definition) is 1. The Bertz CT molecular complexity index is 214. The lowest BCUT2D eigenvalue weighted by molar-refractivity contribution is 0.0569. The Morgan fingerprint density at radius 1 is 1.17 bits per heavy atom. The molecular weight excluding hydrogens is 222 g/mol. The zero-order chi connectivity index (χ0) is 13.6. The van der Waals surface area contributed by atoms with E-state index in [1.807, 2.05) is 0 Å². The van der Waals surface area contributed by atoms with Crippen molar-refractivity contribution >= 4 is 0 Å². The van der Waals surface area contributed by atoms with Crippen LogP contribution in [0.3, 0.4) is 0 Å². The van der Waals surface area contributed by atoms with Gasteiger partial charge in [-0.25, -0.2) is 0 Å². The summed E-state index contributed by atoms with van der Waals surface area (Å²) in [5.74, 6) is 2.52. The molecule has 0 aromatic heterocycles. The van der Waals surface area contributed by atoms with Crippen molar-refractivity contribution in [2.24, 2.45) is 17.8 Å². The lowest BCUT2D eigenvalue weighted by atomic mass is 9.84. The molecule has 0 radical (unpaired) electrons. The highest BCUT2D eigenvalue weighted by molar-refractivity contribution is 4.76. The van der Waals surface area contributed by atoms with Crippen LogP contribution < -0.4 is 5.32 Å². The Hall–Kier alpha value is -0.0800. The van der Waals surface area contributed by atoms with Gasteiger partial charge in [-0.1, -0.05) is 13.8 Å². The van der Waals surface area contributed by atoms with E-state index in [4.69, 9.17) is 4.74 Å². The van der Waals surface area contributed by atoms with E-state index in [2.05, 4.69) is 39.9 Å². The van der Waals surface area contributed by atoms with Crippen LogP contribution in [0.2, 0.25) is 0 Å². The molecule has 0 amide bonds. The molecule has 0 aliphatic carbocycles. The Labute approximate surface area is 114 Å². The van der Waals surface area contributed by atoms with Crippen molar-refractivity contribution in [3.05, 3.63) is 0 Å². The molecule has 0 aromatic carbocycles. The molecule has 108 valence electrons. The molecule has 1 unspecified atom stereocenters. The summed E-state index contributed by atoms with van der Waals surface area (Å²) in [6.07, 6.45) is 5.26. The quantitative estimate of drug-likeness (QED) is 0.778. The van der Waals surface area contributed by atoms with Gasteiger partial charge in [-0.3, -0.25) is 0 Å². The molecule has 1 aliphatic rings. The minimum atomic E-state index is 0.241. The van der Waals surface area contributed by atoms with Gasteiger partial charge >= 0.3 is 0 Å². The zero-order valence-corrected chi connectivity index (χ0v) is 13.1. The average molecular weight is 255 g/mol. The fourth-order valence-electron chi connectivity index (χ4n) is 2.83. The molecule has 1 rings (SSSR count). The molecule has 0 saturated carbocycles. The second kappa shape index (κ2) is 7.49. The molecule has 2 heteroatoms. The summed E-state index contributed by atoms with van der Waals surface area (Å²) in [4.78, 5) is 0. The van der Waals surface area contributed by atoms with Gasteiger partial charge in [-0.15, -0.1) is 0 Å². The van der Waals surface area contributed by atoms with Crippen molar-refractivity contribution in [1.29, 1.82) is 0 Å². The van der Waals surface area contributed by atoms with Gasteiger partial charge in [-0.05, 0) is 70.8 Å². The maximum absolute atomic E-state index is 5.46. The number of rotatable bonds is 6. The number of hydrogen-bond acceptors (Lipinski definition) is 2. The third-order valence-corrected chi connectivity index (χ3v) is 3.73. The molecule has 2 nitrogen and oxygen atoms in total. The van der Waals surface area contributed by atoms with Gasteiger partial charge in [0.2, 0.25) is 0 Å². The van der Waals surface area contributed by atoms with E-state index < -0.39 is 0 Å². The molecule has 1 fully saturated rings. The Morgan fingerprint density at radius 2 is 1.78 bits per heavy atom. The van der Waals surface area contributed by atoms with Gasteiger partial charge < -0.3 is 10.1 Å². The first-order valence-corrected chi connectivity index (χ1v) is 7.69. The topological polar surface area (TPSA) is 21.3 Å². The van der Waals surface area contributed by atoms with E-state index in [-0.39, 0.29) is 5.54 Å². The SMILES string of the molecule is CC(C)CC(CNC(C)(C)C)CC1CCOCC1. The third kappa shape index (κ3) is 7.38. The summed E-state index contributed by atoms with van der Waals surface area (Å²) in [6.45, 7) is 14.6. The fraction of sp³-hybridized carbons (Fsp3) is 1.00. The minimum Gasteiger partial charge on any atom is -0.381 e. The normalized spacial score (nSPS) is 20.3. The lowest BCUT2D eigenvalue weighted by Crippen LogP contribution is -2.40. The van der Waals surface area contributed by atoms with E-state index in [1.54, 1.807) is 0 Å². The van der Waals surface area contributed by atoms with Crippen molar-refractivity contribution in [1.82, 2.24) is 5.32 Å². The molecular formula is C16H33NO. The van der Waals surface area contributed by atoms with E-state index in [9.17, 15) is 0 Å². The first kappa shape index (κ1) is 16.0. The molecule has 1 saturated heterocycles. The van der Waals surface area contributed by atoms with Crippen molar-refractivity contribution in [2.45, 2.75) is 65.8 Å². The minimum absolute atomic E-state index is 0.241. The predicted octanol–water partition coefficient (Wildman–Crippen LogP) is 3.85. The molecule has 0 spiro atoms. The van der Waals surface area contributed by atoms with Crippen LogP contribution in [-0.2, 0) is 4.74 Å². The maximum Gasteiger partial charge on any atom is 0.0468 e. The Balaban J connectivity index is 2.38. The molecule has 0 bridgehead atoms. The summed E-state index contributed by atoms with van der Waals surface area (Å²) in [5.41, 5.74) is 0.241. The second-order valence-corrected chi connectivity index (χ2v) is 7.42. The van der Waals surface area contributed by atoms with Crippen LogP contribution in [0.15, 0.2) is 0 Å². The standard InChI is InChI=1S/C16H33NO/c1-13(2)10-15(12-17-16(3,4)5)11-14-6-8-18-9-7-14/h13-15,17H,6-12H2,1-5H3. The number of ether oxygens (including phenoxy) is 1. The van der Waals surface area contributed by atoms with E-state index in [1.165, 1.54) is 32.2 Å². The maximum atomic E-state index is 5.46. The number of nitrogens with one attached hydrogen (secondary N) is 1. The van der Waals surface area contributed by atoms with Crippen LogP contribution >= 0.6 is 0 Å². The smallest absolute Gasteiger partial charge is 0.0468 e. The van der Waals surface area contributed by atoms with Crippen LogP contribution in [0.25, 0.3) is 0 Å². The van der Waals surface area contributed by atoms with Crippen LogP contribution in [0.5, 0.6) is 0 Å². The molecule has 1 atom stereocenters. The fourth-order valence-corrected chi connectivity index (χ4v) is 2.83. The summed E-state index contributed by atoms with van der Waals surface area (Å²) in [7, 11) is 0. The van der Waals surface area contributed by atoms with Gasteiger partial charge in [0.15, 0.2) is 0 Å². The molecule has 1 N–H and O–H groups in total. The highest BCUT2D eigenvalue weighted by atomic mass is 16.5. The summed E-state index contributed by atoms with van der Waals surface area (Å²) < 4.78 is 5.46. The summed E-state index contributed by atoms with van der Waals surface area (Å²) >= 11 is 0. The van der Waals surface area contributed by atoms with Crippen LogP contribution in [0, 0.1) is 17.8 Å². The zero-order valence-electron chi connectivity index (χ0n) is 13.1.